The number of ether oxygens (including phenoxy) is 1. The molecule has 4 rings (SSSR count). The van der Waals surface area contributed by atoms with Gasteiger partial charge in [-0.25, -0.2) is 13.1 Å². The van der Waals surface area contributed by atoms with E-state index in [1.807, 2.05) is 0 Å². The van der Waals surface area contributed by atoms with E-state index in [4.69, 9.17) is 4.74 Å². The summed E-state index contributed by atoms with van der Waals surface area (Å²) in [5.74, 6) is 0.618. The fourth-order valence-corrected chi connectivity index (χ4v) is 4.23. The molecule has 10 nitrogen and oxygen atoms in total. The minimum absolute atomic E-state index is 0.0325. The number of rotatable bonds is 6. The Hall–Kier alpha value is -2.79. The summed E-state index contributed by atoms with van der Waals surface area (Å²) in [6, 6.07) is 6.34. The van der Waals surface area contributed by atoms with E-state index in [0.717, 1.165) is 5.69 Å². The van der Waals surface area contributed by atoms with E-state index < -0.39 is 10.0 Å². The zero-order valence-electron chi connectivity index (χ0n) is 14.0. The third-order valence-corrected chi connectivity index (χ3v) is 6.07. The summed E-state index contributed by atoms with van der Waals surface area (Å²) in [6.45, 7) is 1.14. The van der Waals surface area contributed by atoms with Gasteiger partial charge in [-0.05, 0) is 24.3 Å². The number of benzene rings is 1. The SMILES string of the molecule is COc1ccc(S(=O)(=O)N2CC(n3cc(Cn4nccn4)nn3)C2)cc1. The van der Waals surface area contributed by atoms with Crippen molar-refractivity contribution in [2.75, 3.05) is 20.2 Å². The van der Waals surface area contributed by atoms with Crippen molar-refractivity contribution in [1.82, 2.24) is 34.3 Å². The molecule has 3 aromatic rings. The first-order chi connectivity index (χ1) is 12.6. The van der Waals surface area contributed by atoms with E-state index in [2.05, 4.69) is 20.5 Å². The van der Waals surface area contributed by atoms with Crippen LogP contribution in [0.2, 0.25) is 0 Å². The number of methoxy groups -OCH3 is 1. The second kappa shape index (κ2) is 6.50. The van der Waals surface area contributed by atoms with Gasteiger partial charge in [-0.1, -0.05) is 5.21 Å². The molecule has 0 radical (unpaired) electrons. The molecule has 0 saturated carbocycles. The van der Waals surface area contributed by atoms with E-state index in [-0.39, 0.29) is 10.9 Å². The Kier molecular flexibility index (Phi) is 4.17. The highest BCUT2D eigenvalue weighted by Crippen LogP contribution is 2.28. The summed E-state index contributed by atoms with van der Waals surface area (Å²) < 4.78 is 33.4. The molecule has 2 aromatic heterocycles. The summed E-state index contributed by atoms with van der Waals surface area (Å²) in [6.07, 6.45) is 4.99. The summed E-state index contributed by atoms with van der Waals surface area (Å²) >= 11 is 0. The Morgan fingerprint density at radius 2 is 1.85 bits per heavy atom. The van der Waals surface area contributed by atoms with Crippen LogP contribution in [0.3, 0.4) is 0 Å². The molecule has 0 atom stereocenters. The number of hydrogen-bond donors (Lipinski definition) is 0. The van der Waals surface area contributed by atoms with E-state index in [9.17, 15) is 8.42 Å². The van der Waals surface area contributed by atoms with E-state index >= 15 is 0 Å². The summed E-state index contributed by atoms with van der Waals surface area (Å²) in [5, 5.41) is 16.2. The molecule has 0 N–H and O–H groups in total. The summed E-state index contributed by atoms with van der Waals surface area (Å²) in [4.78, 5) is 1.76. The van der Waals surface area contributed by atoms with Gasteiger partial charge in [-0.3, -0.25) is 0 Å². The maximum Gasteiger partial charge on any atom is 0.243 e. The smallest absolute Gasteiger partial charge is 0.243 e. The molecular formula is C15H17N7O3S. The van der Waals surface area contributed by atoms with Crippen molar-refractivity contribution in [3.8, 4) is 5.75 Å². The molecule has 1 aliphatic heterocycles. The van der Waals surface area contributed by atoms with Crippen LogP contribution in [0, 0.1) is 0 Å². The van der Waals surface area contributed by atoms with Gasteiger partial charge in [0, 0.05) is 13.1 Å². The van der Waals surface area contributed by atoms with Gasteiger partial charge in [0.15, 0.2) is 0 Å². The van der Waals surface area contributed by atoms with Gasteiger partial charge in [0.1, 0.15) is 18.0 Å². The molecule has 26 heavy (non-hydrogen) atoms. The molecule has 1 aromatic carbocycles. The van der Waals surface area contributed by atoms with Crippen LogP contribution in [-0.2, 0) is 16.6 Å². The van der Waals surface area contributed by atoms with Crippen LogP contribution in [0.15, 0.2) is 47.8 Å². The largest absolute Gasteiger partial charge is 0.497 e. The first-order valence-electron chi connectivity index (χ1n) is 7.95. The van der Waals surface area contributed by atoms with Crippen LogP contribution in [0.5, 0.6) is 5.75 Å². The second-order valence-corrected chi connectivity index (χ2v) is 7.84. The van der Waals surface area contributed by atoms with Crippen LogP contribution < -0.4 is 4.74 Å². The molecule has 1 saturated heterocycles. The zero-order chi connectivity index (χ0) is 18.1. The molecule has 1 fully saturated rings. The molecule has 0 aliphatic carbocycles. The Morgan fingerprint density at radius 3 is 2.50 bits per heavy atom. The molecule has 1 aliphatic rings. The fraction of sp³-hybridized carbons (Fsp3) is 0.333. The lowest BCUT2D eigenvalue weighted by Gasteiger charge is -2.37. The van der Waals surface area contributed by atoms with Crippen molar-refractivity contribution in [2.24, 2.45) is 0 Å². The highest BCUT2D eigenvalue weighted by Gasteiger charge is 2.38. The van der Waals surface area contributed by atoms with Crippen LogP contribution in [-0.4, -0.2) is 62.9 Å². The lowest BCUT2D eigenvalue weighted by molar-refractivity contribution is 0.189. The highest BCUT2D eigenvalue weighted by molar-refractivity contribution is 7.89. The Labute approximate surface area is 150 Å². The van der Waals surface area contributed by atoms with Crippen molar-refractivity contribution in [1.29, 1.82) is 0 Å². The van der Waals surface area contributed by atoms with Gasteiger partial charge in [0.05, 0.1) is 36.6 Å². The number of nitrogens with zero attached hydrogens (tertiary/aromatic N) is 7. The average molecular weight is 375 g/mol. The molecule has 0 spiro atoms. The Morgan fingerprint density at radius 1 is 1.15 bits per heavy atom. The predicted octanol–water partition coefficient (Wildman–Crippen LogP) is 0.172. The summed E-state index contributed by atoms with van der Waals surface area (Å²) in [5.41, 5.74) is 0.720. The van der Waals surface area contributed by atoms with Crippen LogP contribution in [0.4, 0.5) is 0 Å². The first-order valence-corrected chi connectivity index (χ1v) is 9.39. The summed E-state index contributed by atoms with van der Waals surface area (Å²) in [7, 11) is -1.97. The molecule has 0 unspecified atom stereocenters. The molecular weight excluding hydrogens is 358 g/mol. The standard InChI is InChI=1S/C15H17N7O3S/c1-25-14-2-4-15(5-3-14)26(23,24)20-10-13(11-20)21-8-12(18-19-21)9-22-16-6-7-17-22/h2-8,13H,9-11H2,1H3. The van der Waals surface area contributed by atoms with Gasteiger partial charge in [0.2, 0.25) is 10.0 Å². The van der Waals surface area contributed by atoms with Gasteiger partial charge in [0.25, 0.3) is 0 Å². The van der Waals surface area contributed by atoms with Crippen molar-refractivity contribution in [3.63, 3.8) is 0 Å². The number of aromatic nitrogens is 6. The monoisotopic (exact) mass is 375 g/mol. The van der Waals surface area contributed by atoms with Crippen molar-refractivity contribution in [3.05, 3.63) is 48.5 Å². The predicted molar refractivity (Wildman–Crippen MR) is 89.9 cm³/mol. The van der Waals surface area contributed by atoms with E-state index in [1.54, 1.807) is 54.6 Å². The van der Waals surface area contributed by atoms with Gasteiger partial charge in [-0.2, -0.15) is 19.3 Å². The molecule has 136 valence electrons. The maximum absolute atomic E-state index is 12.6. The zero-order valence-corrected chi connectivity index (χ0v) is 14.8. The third kappa shape index (κ3) is 3.06. The highest BCUT2D eigenvalue weighted by atomic mass is 32.2. The lowest BCUT2D eigenvalue weighted by Crippen LogP contribution is -2.50. The molecule has 3 heterocycles. The van der Waals surface area contributed by atoms with Crippen LogP contribution in [0.1, 0.15) is 11.7 Å². The molecule has 0 bridgehead atoms. The van der Waals surface area contributed by atoms with E-state index in [0.29, 0.717) is 25.4 Å². The normalized spacial score (nSPS) is 15.7. The third-order valence-electron chi connectivity index (χ3n) is 4.23. The first kappa shape index (κ1) is 16.7. The number of hydrogen-bond acceptors (Lipinski definition) is 7. The Balaban J connectivity index is 1.40. The minimum atomic E-state index is -3.51. The minimum Gasteiger partial charge on any atom is -0.497 e. The quantitative estimate of drug-likeness (QED) is 0.604. The topological polar surface area (TPSA) is 108 Å². The Bertz CT molecular complexity index is 977. The van der Waals surface area contributed by atoms with Crippen molar-refractivity contribution in [2.45, 2.75) is 17.5 Å². The van der Waals surface area contributed by atoms with Gasteiger partial charge >= 0.3 is 0 Å². The fourth-order valence-electron chi connectivity index (χ4n) is 2.71. The van der Waals surface area contributed by atoms with Crippen LogP contribution >= 0.6 is 0 Å². The van der Waals surface area contributed by atoms with Crippen LogP contribution in [0.25, 0.3) is 0 Å². The van der Waals surface area contributed by atoms with Gasteiger partial charge in [-0.15, -0.1) is 5.10 Å². The average Bonchev–Trinajstić information content (AvgIpc) is 3.26. The molecule has 11 heteroatoms. The lowest BCUT2D eigenvalue weighted by atomic mass is 10.2. The van der Waals surface area contributed by atoms with Gasteiger partial charge < -0.3 is 4.74 Å². The maximum atomic E-state index is 12.6. The number of sulfonamides is 1. The molecule has 0 amide bonds. The van der Waals surface area contributed by atoms with E-state index in [1.165, 1.54) is 9.10 Å². The van der Waals surface area contributed by atoms with Crippen molar-refractivity contribution < 1.29 is 13.2 Å². The second-order valence-electron chi connectivity index (χ2n) is 5.90. The van der Waals surface area contributed by atoms with Crippen molar-refractivity contribution >= 4 is 10.0 Å².